The summed E-state index contributed by atoms with van der Waals surface area (Å²) in [5.74, 6) is 0.0566. The van der Waals surface area contributed by atoms with Crippen molar-refractivity contribution in [1.82, 2.24) is 9.80 Å². The summed E-state index contributed by atoms with van der Waals surface area (Å²) in [6, 6.07) is 0. The number of hydrogen-bond acceptors (Lipinski definition) is 5. The van der Waals surface area contributed by atoms with Gasteiger partial charge in [0, 0.05) is 25.4 Å². The van der Waals surface area contributed by atoms with E-state index >= 15 is 0 Å². The first-order chi connectivity index (χ1) is 10.6. The first-order valence-corrected chi connectivity index (χ1v) is 9.15. The summed E-state index contributed by atoms with van der Waals surface area (Å²) < 4.78 is 4.96. The van der Waals surface area contributed by atoms with Crippen molar-refractivity contribution in [2.45, 2.75) is 51.4 Å². The molecule has 1 fully saturated rings. The Hall–Kier alpha value is -0.950. The number of carboxylic acid groups (broad SMARTS) is 1. The van der Waals surface area contributed by atoms with Gasteiger partial charge in [0.1, 0.15) is 5.60 Å². The number of nitrogens with zero attached hydrogens (tertiary/aromatic N) is 2. The molecule has 1 N–H and O–H groups in total. The molecule has 1 heterocycles. The molecule has 23 heavy (non-hydrogen) atoms. The van der Waals surface area contributed by atoms with Crippen LogP contribution in [0.15, 0.2) is 0 Å². The molecule has 134 valence electrons. The van der Waals surface area contributed by atoms with Crippen molar-refractivity contribution >= 4 is 23.8 Å². The fraction of sp³-hybridized carbons (Fsp3) is 0.875. The van der Waals surface area contributed by atoms with Crippen molar-refractivity contribution < 1.29 is 19.4 Å². The maximum Gasteiger partial charge on any atom is 0.410 e. The first-order valence-electron chi connectivity index (χ1n) is 8.17. The summed E-state index contributed by atoms with van der Waals surface area (Å²) in [4.78, 5) is 27.1. The van der Waals surface area contributed by atoms with Crippen LogP contribution in [0.4, 0.5) is 4.79 Å². The topological polar surface area (TPSA) is 70.1 Å². The molecule has 7 heteroatoms. The molecule has 6 nitrogen and oxygen atoms in total. The Bertz CT molecular complexity index is 413. The van der Waals surface area contributed by atoms with Crippen molar-refractivity contribution in [2.75, 3.05) is 38.5 Å². The van der Waals surface area contributed by atoms with Gasteiger partial charge in [0.05, 0.1) is 11.2 Å². The molecule has 1 amide bonds. The lowest BCUT2D eigenvalue weighted by Gasteiger charge is -2.49. The Labute approximate surface area is 143 Å². The Morgan fingerprint density at radius 3 is 2.26 bits per heavy atom. The highest BCUT2D eigenvalue weighted by atomic mass is 32.2. The summed E-state index contributed by atoms with van der Waals surface area (Å²) in [5.41, 5.74) is -0.530. The smallest absolute Gasteiger partial charge is 0.410 e. The van der Waals surface area contributed by atoms with Crippen LogP contribution in [-0.4, -0.2) is 75.8 Å². The van der Waals surface area contributed by atoms with Gasteiger partial charge in [-0.25, -0.2) is 4.79 Å². The Kier molecular flexibility index (Phi) is 7.20. The molecular weight excluding hydrogens is 316 g/mol. The molecule has 0 aromatic rings. The zero-order chi connectivity index (χ0) is 17.7. The highest BCUT2D eigenvalue weighted by molar-refractivity contribution is 8.00. The molecule has 1 rings (SSSR count). The van der Waals surface area contributed by atoms with Crippen molar-refractivity contribution in [2.24, 2.45) is 0 Å². The zero-order valence-electron chi connectivity index (χ0n) is 14.9. The van der Waals surface area contributed by atoms with Gasteiger partial charge < -0.3 is 19.6 Å². The number of thioether (sulfide) groups is 1. The predicted octanol–water partition coefficient (Wildman–Crippen LogP) is 2.53. The van der Waals surface area contributed by atoms with E-state index < -0.39 is 11.6 Å². The van der Waals surface area contributed by atoms with E-state index in [0.29, 0.717) is 13.1 Å². The average molecular weight is 346 g/mol. The van der Waals surface area contributed by atoms with E-state index in [-0.39, 0.29) is 17.3 Å². The van der Waals surface area contributed by atoms with Gasteiger partial charge in [-0.2, -0.15) is 0 Å². The molecule has 0 spiro atoms. The minimum absolute atomic E-state index is 0.0786. The molecular formula is C16H30N2O4S. The molecule has 0 unspecified atom stereocenters. The van der Waals surface area contributed by atoms with Crippen LogP contribution in [0.2, 0.25) is 0 Å². The Morgan fingerprint density at radius 1 is 1.26 bits per heavy atom. The SMILES string of the molecule is CCN(CC)CCSC1(CC(=O)O)CN(C(=O)OC(C)(C)C)C1. The third-order valence-electron chi connectivity index (χ3n) is 3.79. The van der Waals surface area contributed by atoms with Gasteiger partial charge in [0.15, 0.2) is 0 Å². The summed E-state index contributed by atoms with van der Waals surface area (Å²) in [7, 11) is 0. The normalized spacial score (nSPS) is 17.0. The number of aliphatic carboxylic acids is 1. The number of likely N-dealkylation sites (tertiary alicyclic amines) is 1. The Morgan fingerprint density at radius 2 is 1.83 bits per heavy atom. The van der Waals surface area contributed by atoms with Crippen LogP contribution in [0, 0.1) is 0 Å². The quantitative estimate of drug-likeness (QED) is 0.728. The largest absolute Gasteiger partial charge is 0.481 e. The highest BCUT2D eigenvalue weighted by Crippen LogP contribution is 2.39. The highest BCUT2D eigenvalue weighted by Gasteiger charge is 2.48. The minimum atomic E-state index is -0.816. The second-order valence-corrected chi connectivity index (χ2v) is 8.53. The van der Waals surface area contributed by atoms with Crippen LogP contribution in [0.1, 0.15) is 41.0 Å². The minimum Gasteiger partial charge on any atom is -0.481 e. The van der Waals surface area contributed by atoms with Gasteiger partial charge in [0.2, 0.25) is 0 Å². The lowest BCUT2D eigenvalue weighted by molar-refractivity contribution is -0.138. The molecule has 1 saturated heterocycles. The number of hydrogen-bond donors (Lipinski definition) is 1. The van der Waals surface area contributed by atoms with Crippen LogP contribution in [0.3, 0.4) is 0 Å². The predicted molar refractivity (Wildman–Crippen MR) is 93.0 cm³/mol. The molecule has 0 atom stereocenters. The maximum atomic E-state index is 12.0. The van der Waals surface area contributed by atoms with E-state index in [2.05, 4.69) is 18.7 Å². The molecule has 1 aliphatic heterocycles. The van der Waals surface area contributed by atoms with Crippen molar-refractivity contribution in [3.05, 3.63) is 0 Å². The zero-order valence-corrected chi connectivity index (χ0v) is 15.7. The second-order valence-electron chi connectivity index (χ2n) is 6.97. The molecule has 0 aliphatic carbocycles. The monoisotopic (exact) mass is 346 g/mol. The summed E-state index contributed by atoms with van der Waals surface area (Å²) in [5, 5.41) is 9.17. The van der Waals surface area contributed by atoms with Gasteiger partial charge in [-0.3, -0.25) is 4.79 Å². The third kappa shape index (κ3) is 6.59. The van der Waals surface area contributed by atoms with E-state index in [9.17, 15) is 9.59 Å². The molecule has 1 aliphatic rings. The Balaban J connectivity index is 2.53. The number of carboxylic acids is 1. The van der Waals surface area contributed by atoms with E-state index in [1.54, 1.807) is 16.7 Å². The molecule has 0 bridgehead atoms. The number of rotatable bonds is 8. The van der Waals surface area contributed by atoms with Crippen molar-refractivity contribution in [3.63, 3.8) is 0 Å². The van der Waals surface area contributed by atoms with Crippen LogP contribution in [0.25, 0.3) is 0 Å². The van der Waals surface area contributed by atoms with E-state index in [0.717, 1.165) is 25.4 Å². The van der Waals surface area contributed by atoms with Gasteiger partial charge in [0.25, 0.3) is 0 Å². The molecule has 0 aromatic carbocycles. The average Bonchev–Trinajstić information content (AvgIpc) is 2.37. The van der Waals surface area contributed by atoms with Crippen LogP contribution < -0.4 is 0 Å². The van der Waals surface area contributed by atoms with Gasteiger partial charge in [-0.15, -0.1) is 11.8 Å². The number of carbonyl (C=O) groups is 2. The molecule has 0 saturated carbocycles. The molecule has 0 aromatic heterocycles. The summed E-state index contributed by atoms with van der Waals surface area (Å²) >= 11 is 1.67. The van der Waals surface area contributed by atoms with Crippen molar-refractivity contribution in [3.8, 4) is 0 Å². The number of carbonyl (C=O) groups excluding carboxylic acids is 1. The van der Waals surface area contributed by atoms with E-state index in [1.165, 1.54) is 0 Å². The van der Waals surface area contributed by atoms with Crippen molar-refractivity contribution in [1.29, 1.82) is 0 Å². The van der Waals surface area contributed by atoms with Crippen LogP contribution in [0.5, 0.6) is 0 Å². The lowest BCUT2D eigenvalue weighted by Crippen LogP contribution is -2.63. The lowest BCUT2D eigenvalue weighted by atomic mass is 9.95. The van der Waals surface area contributed by atoms with Crippen LogP contribution >= 0.6 is 11.8 Å². The van der Waals surface area contributed by atoms with Gasteiger partial charge >= 0.3 is 12.1 Å². The fourth-order valence-corrected chi connectivity index (χ4v) is 4.07. The summed E-state index contributed by atoms with van der Waals surface area (Å²) in [6.07, 6.45) is -0.280. The fourth-order valence-electron chi connectivity index (χ4n) is 2.57. The van der Waals surface area contributed by atoms with E-state index in [1.807, 2.05) is 20.8 Å². The van der Waals surface area contributed by atoms with E-state index in [4.69, 9.17) is 9.84 Å². The van der Waals surface area contributed by atoms with Gasteiger partial charge in [-0.05, 0) is 33.9 Å². The first kappa shape index (κ1) is 20.1. The maximum absolute atomic E-state index is 12.0. The number of amides is 1. The van der Waals surface area contributed by atoms with Crippen LogP contribution in [-0.2, 0) is 9.53 Å². The number of ether oxygens (including phenoxy) is 1. The standard InChI is InChI=1S/C16H30N2O4S/c1-6-17(7-2)8-9-23-16(10-13(19)20)11-18(12-16)14(21)22-15(3,4)5/h6-12H2,1-5H3,(H,19,20). The van der Waals surface area contributed by atoms with Gasteiger partial charge in [-0.1, -0.05) is 13.8 Å². The molecule has 0 radical (unpaired) electrons. The second kappa shape index (κ2) is 8.24. The third-order valence-corrected chi connectivity index (χ3v) is 5.19. The summed E-state index contributed by atoms with van der Waals surface area (Å²) in [6.45, 7) is 13.5.